The summed E-state index contributed by atoms with van der Waals surface area (Å²) in [5.41, 5.74) is 3.24. The molecule has 0 bridgehead atoms. The Labute approximate surface area is 168 Å². The van der Waals surface area contributed by atoms with Crippen molar-refractivity contribution in [1.82, 2.24) is 4.98 Å². The smallest absolute Gasteiger partial charge is 0.429 e. The standard InChI is InChI=1S/C24H19NO4/c26-24(27-17-19-12-6-2-7-13-19)29-23-21(16-18-10-4-1-5-11-18)25-22(28-23)20-14-8-3-9-15-20/h1-15H,16-17H2. The fraction of sp³-hybridized carbons (Fsp3) is 0.0833. The molecule has 0 radical (unpaired) electrons. The molecule has 0 unspecified atom stereocenters. The van der Waals surface area contributed by atoms with E-state index in [-0.39, 0.29) is 12.6 Å². The van der Waals surface area contributed by atoms with Gasteiger partial charge in [-0.3, -0.25) is 0 Å². The Morgan fingerprint density at radius 3 is 2.03 bits per heavy atom. The summed E-state index contributed by atoms with van der Waals surface area (Å²) >= 11 is 0. The molecule has 5 heteroatoms. The van der Waals surface area contributed by atoms with Gasteiger partial charge in [-0.15, -0.1) is 0 Å². The molecule has 4 rings (SSSR count). The van der Waals surface area contributed by atoms with Crippen molar-refractivity contribution in [2.45, 2.75) is 13.0 Å². The Morgan fingerprint density at radius 2 is 1.38 bits per heavy atom. The zero-order chi connectivity index (χ0) is 19.9. The van der Waals surface area contributed by atoms with Crippen molar-refractivity contribution in [3.8, 4) is 17.4 Å². The van der Waals surface area contributed by atoms with Gasteiger partial charge in [-0.1, -0.05) is 78.9 Å². The molecule has 0 aliphatic heterocycles. The summed E-state index contributed by atoms with van der Waals surface area (Å²) in [5.74, 6) is 0.438. The first kappa shape index (κ1) is 18.5. The zero-order valence-electron chi connectivity index (χ0n) is 15.7. The summed E-state index contributed by atoms with van der Waals surface area (Å²) in [5, 5.41) is 0. The monoisotopic (exact) mass is 385 g/mol. The van der Waals surface area contributed by atoms with E-state index < -0.39 is 6.16 Å². The van der Waals surface area contributed by atoms with E-state index in [0.717, 1.165) is 16.7 Å². The fourth-order valence-corrected chi connectivity index (χ4v) is 2.84. The van der Waals surface area contributed by atoms with Gasteiger partial charge in [0.15, 0.2) is 0 Å². The van der Waals surface area contributed by atoms with Crippen LogP contribution in [0, 0.1) is 0 Å². The molecule has 144 valence electrons. The van der Waals surface area contributed by atoms with Gasteiger partial charge in [-0.25, -0.2) is 9.78 Å². The van der Waals surface area contributed by atoms with Crippen LogP contribution >= 0.6 is 0 Å². The molecule has 1 aromatic heterocycles. The number of rotatable bonds is 6. The van der Waals surface area contributed by atoms with Crippen LogP contribution in [-0.2, 0) is 17.8 Å². The van der Waals surface area contributed by atoms with Crippen LogP contribution in [0.1, 0.15) is 16.8 Å². The molecule has 5 nitrogen and oxygen atoms in total. The molecular formula is C24H19NO4. The van der Waals surface area contributed by atoms with Crippen molar-refractivity contribution < 1.29 is 18.7 Å². The van der Waals surface area contributed by atoms with Crippen LogP contribution in [-0.4, -0.2) is 11.1 Å². The normalized spacial score (nSPS) is 10.5. The summed E-state index contributed by atoms with van der Waals surface area (Å²) in [6, 6.07) is 28.7. The van der Waals surface area contributed by atoms with Crippen molar-refractivity contribution in [2.24, 2.45) is 0 Å². The highest BCUT2D eigenvalue weighted by Crippen LogP contribution is 2.29. The van der Waals surface area contributed by atoms with E-state index in [1.54, 1.807) is 0 Å². The number of ether oxygens (including phenoxy) is 2. The summed E-state index contributed by atoms with van der Waals surface area (Å²) in [7, 11) is 0. The predicted octanol–water partition coefficient (Wildman–Crippen LogP) is 5.65. The molecule has 0 saturated carbocycles. The third-order valence-electron chi connectivity index (χ3n) is 4.27. The van der Waals surface area contributed by atoms with Crippen LogP contribution in [0.4, 0.5) is 4.79 Å². The number of nitrogens with zero attached hydrogens (tertiary/aromatic N) is 1. The number of benzene rings is 3. The number of hydrogen-bond acceptors (Lipinski definition) is 5. The van der Waals surface area contributed by atoms with Gasteiger partial charge in [-0.2, -0.15) is 0 Å². The zero-order valence-corrected chi connectivity index (χ0v) is 15.7. The van der Waals surface area contributed by atoms with E-state index in [0.29, 0.717) is 18.0 Å². The Kier molecular flexibility index (Phi) is 5.67. The van der Waals surface area contributed by atoms with Crippen LogP contribution in [0.3, 0.4) is 0 Å². The van der Waals surface area contributed by atoms with E-state index in [4.69, 9.17) is 13.9 Å². The van der Waals surface area contributed by atoms with Gasteiger partial charge in [0.2, 0.25) is 5.89 Å². The molecule has 0 fully saturated rings. The Balaban J connectivity index is 1.53. The van der Waals surface area contributed by atoms with E-state index in [9.17, 15) is 4.79 Å². The third kappa shape index (κ3) is 4.90. The molecule has 4 aromatic rings. The summed E-state index contributed by atoms with van der Waals surface area (Å²) < 4.78 is 16.3. The van der Waals surface area contributed by atoms with Gasteiger partial charge in [0.25, 0.3) is 0 Å². The molecule has 3 aromatic carbocycles. The van der Waals surface area contributed by atoms with Crippen LogP contribution in [0.25, 0.3) is 11.5 Å². The first-order chi connectivity index (χ1) is 14.3. The van der Waals surface area contributed by atoms with E-state index in [1.165, 1.54) is 0 Å². The third-order valence-corrected chi connectivity index (χ3v) is 4.27. The molecular weight excluding hydrogens is 366 g/mol. The highest BCUT2D eigenvalue weighted by molar-refractivity contribution is 5.64. The summed E-state index contributed by atoms with van der Waals surface area (Å²) in [4.78, 5) is 16.8. The lowest BCUT2D eigenvalue weighted by molar-refractivity contribution is 0.0840. The maximum atomic E-state index is 12.2. The number of carbonyl (C=O) groups is 1. The Bertz CT molecular complexity index is 1060. The van der Waals surface area contributed by atoms with Crippen LogP contribution < -0.4 is 4.74 Å². The molecule has 0 aliphatic carbocycles. The average Bonchev–Trinajstić information content (AvgIpc) is 3.16. The lowest BCUT2D eigenvalue weighted by Crippen LogP contribution is -2.11. The molecule has 1 heterocycles. The van der Waals surface area contributed by atoms with E-state index in [2.05, 4.69) is 4.98 Å². The molecule has 0 N–H and O–H groups in total. The molecule has 0 aliphatic rings. The molecule has 0 saturated heterocycles. The largest absolute Gasteiger partial charge is 0.516 e. The highest BCUT2D eigenvalue weighted by Gasteiger charge is 2.20. The predicted molar refractivity (Wildman–Crippen MR) is 108 cm³/mol. The van der Waals surface area contributed by atoms with Crippen molar-refractivity contribution in [3.63, 3.8) is 0 Å². The minimum absolute atomic E-state index is 0.0470. The Morgan fingerprint density at radius 1 is 0.793 bits per heavy atom. The van der Waals surface area contributed by atoms with Crippen molar-refractivity contribution in [3.05, 3.63) is 108 Å². The van der Waals surface area contributed by atoms with Gasteiger partial charge in [0.05, 0.1) is 0 Å². The van der Waals surface area contributed by atoms with Crippen LogP contribution in [0.2, 0.25) is 0 Å². The fourth-order valence-electron chi connectivity index (χ4n) is 2.84. The molecule has 29 heavy (non-hydrogen) atoms. The maximum Gasteiger partial charge on any atom is 0.516 e. The summed E-state index contributed by atoms with van der Waals surface area (Å²) in [6.45, 7) is 0.118. The van der Waals surface area contributed by atoms with Crippen LogP contribution in [0.5, 0.6) is 5.95 Å². The van der Waals surface area contributed by atoms with Crippen molar-refractivity contribution in [2.75, 3.05) is 0 Å². The molecule has 0 spiro atoms. The highest BCUT2D eigenvalue weighted by atomic mass is 16.8. The number of hydrogen-bond donors (Lipinski definition) is 0. The number of carbonyl (C=O) groups excluding carboxylic acids is 1. The average molecular weight is 385 g/mol. The Hall–Kier alpha value is -3.86. The SMILES string of the molecule is O=C(OCc1ccccc1)Oc1oc(-c2ccccc2)nc1Cc1ccccc1. The lowest BCUT2D eigenvalue weighted by atomic mass is 10.1. The van der Waals surface area contributed by atoms with Gasteiger partial charge in [-0.05, 0) is 23.3 Å². The van der Waals surface area contributed by atoms with Crippen molar-refractivity contribution in [1.29, 1.82) is 0 Å². The minimum atomic E-state index is -0.834. The second-order valence-corrected chi connectivity index (χ2v) is 6.41. The van der Waals surface area contributed by atoms with Gasteiger partial charge in [0, 0.05) is 12.0 Å². The van der Waals surface area contributed by atoms with Gasteiger partial charge in [0.1, 0.15) is 12.3 Å². The number of oxazole rings is 1. The second-order valence-electron chi connectivity index (χ2n) is 6.41. The number of aromatic nitrogens is 1. The first-order valence-electron chi connectivity index (χ1n) is 9.25. The quantitative estimate of drug-likeness (QED) is 0.402. The summed E-state index contributed by atoms with van der Waals surface area (Å²) in [6.07, 6.45) is -0.364. The second kappa shape index (κ2) is 8.89. The molecule has 0 atom stereocenters. The molecule has 0 amide bonds. The van der Waals surface area contributed by atoms with Gasteiger partial charge < -0.3 is 13.9 Å². The lowest BCUT2D eigenvalue weighted by Gasteiger charge is -2.05. The van der Waals surface area contributed by atoms with Gasteiger partial charge >= 0.3 is 12.1 Å². The van der Waals surface area contributed by atoms with Crippen molar-refractivity contribution >= 4 is 6.16 Å². The van der Waals surface area contributed by atoms with Crippen LogP contribution in [0.15, 0.2) is 95.4 Å². The maximum absolute atomic E-state index is 12.2. The van der Waals surface area contributed by atoms with E-state index >= 15 is 0 Å². The van der Waals surface area contributed by atoms with E-state index in [1.807, 2.05) is 91.0 Å². The topological polar surface area (TPSA) is 61.6 Å². The first-order valence-corrected chi connectivity index (χ1v) is 9.25. The minimum Gasteiger partial charge on any atom is -0.429 e.